The molecule has 8 N–H and O–H groups in total. The fraction of sp³-hybridized carbons (Fsp3) is 0.700. The van der Waals surface area contributed by atoms with Gasteiger partial charge in [0.15, 0.2) is 0 Å². The van der Waals surface area contributed by atoms with Gasteiger partial charge in [0.25, 0.3) is 0 Å². The minimum atomic E-state index is -2.61. The van der Waals surface area contributed by atoms with Gasteiger partial charge in [-0.05, 0) is 40.0 Å². The molecule has 0 aliphatic rings. The highest BCUT2D eigenvalue weighted by atomic mass is 31.2. The molecule has 0 saturated carbocycles. The zero-order chi connectivity index (χ0) is 24.8. The van der Waals surface area contributed by atoms with E-state index < -0.39 is 48.5 Å². The molecule has 182 valence electrons. The molecule has 0 radical (unpaired) electrons. The van der Waals surface area contributed by atoms with Crippen molar-refractivity contribution in [2.45, 2.75) is 65.4 Å². The Morgan fingerprint density at radius 1 is 0.806 bits per heavy atom. The molecule has 0 aliphatic carbocycles. The standard InChI is InChI=1S/C20H34O4.H4O5P2/c1-13-15(17(24)20(10-21,11-22)12-23)8-14(18(2,3)4)9-16(13)19(5,6)7;1-6(2)5-7(3)4/h8-9,17,21-24H,10-12H2,1-7H3;1-4H. The molecule has 1 aromatic rings. The molecule has 1 aromatic carbocycles. The molecule has 0 aromatic heterocycles. The van der Waals surface area contributed by atoms with Crippen LogP contribution in [-0.4, -0.2) is 59.8 Å². The molecule has 1 atom stereocenters. The fourth-order valence-electron chi connectivity index (χ4n) is 3.04. The molecule has 1 rings (SSSR count). The SMILES string of the molecule is Cc1c(C(O)C(CO)(CO)CO)cc(C(C)(C)C)cc1C(C)(C)C.OP(O)OP(O)O. The van der Waals surface area contributed by atoms with E-state index in [1.165, 1.54) is 0 Å². The third-order valence-electron chi connectivity index (χ3n) is 5.09. The van der Waals surface area contributed by atoms with Crippen molar-refractivity contribution in [1.29, 1.82) is 0 Å². The summed E-state index contributed by atoms with van der Waals surface area (Å²) < 4.78 is 3.60. The summed E-state index contributed by atoms with van der Waals surface area (Å²) in [6, 6.07) is 4.11. The average molecular weight is 484 g/mol. The number of aliphatic hydroxyl groups excluding tert-OH is 4. The van der Waals surface area contributed by atoms with E-state index in [0.717, 1.165) is 16.7 Å². The molecule has 9 nitrogen and oxygen atoms in total. The van der Waals surface area contributed by atoms with Crippen LogP contribution in [0.5, 0.6) is 0 Å². The Morgan fingerprint density at radius 2 is 1.23 bits per heavy atom. The minimum Gasteiger partial charge on any atom is -0.395 e. The summed E-state index contributed by atoms with van der Waals surface area (Å²) in [7, 11) is -5.22. The van der Waals surface area contributed by atoms with Crippen LogP contribution in [0.2, 0.25) is 0 Å². The maximum atomic E-state index is 10.9. The number of benzene rings is 1. The van der Waals surface area contributed by atoms with Crippen LogP contribution in [0.25, 0.3) is 0 Å². The Kier molecular flexibility index (Phi) is 12.1. The Morgan fingerprint density at radius 3 is 1.48 bits per heavy atom. The van der Waals surface area contributed by atoms with E-state index in [4.69, 9.17) is 19.6 Å². The predicted octanol–water partition coefficient (Wildman–Crippen LogP) is 2.01. The predicted molar refractivity (Wildman–Crippen MR) is 121 cm³/mol. The molecular formula is C20H38O9P2. The number of rotatable bonds is 7. The molecule has 0 heterocycles. The molecule has 31 heavy (non-hydrogen) atoms. The molecule has 11 heteroatoms. The smallest absolute Gasteiger partial charge is 0.334 e. The molecule has 1 unspecified atom stereocenters. The van der Waals surface area contributed by atoms with Gasteiger partial charge in [0, 0.05) is 0 Å². The largest absolute Gasteiger partial charge is 0.395 e. The molecular weight excluding hydrogens is 446 g/mol. The number of hydrogen-bond acceptors (Lipinski definition) is 9. The monoisotopic (exact) mass is 484 g/mol. The highest BCUT2D eigenvalue weighted by Gasteiger charge is 2.39. The summed E-state index contributed by atoms with van der Waals surface area (Å²) in [5, 5.41) is 39.9. The Hall–Kier alpha value is -0.280. The summed E-state index contributed by atoms with van der Waals surface area (Å²) in [6.45, 7) is 13.1. The van der Waals surface area contributed by atoms with Crippen LogP contribution in [0.3, 0.4) is 0 Å². The van der Waals surface area contributed by atoms with E-state index in [-0.39, 0.29) is 10.8 Å². The van der Waals surface area contributed by atoms with Gasteiger partial charge in [0.1, 0.15) is 0 Å². The molecule has 0 saturated heterocycles. The first-order valence-electron chi connectivity index (χ1n) is 9.66. The second-order valence-corrected chi connectivity index (χ2v) is 11.2. The second-order valence-electron chi connectivity index (χ2n) is 9.56. The van der Waals surface area contributed by atoms with Gasteiger partial charge in [-0.25, -0.2) is 4.31 Å². The molecule has 0 aliphatic heterocycles. The van der Waals surface area contributed by atoms with Crippen LogP contribution in [-0.2, 0) is 15.1 Å². The van der Waals surface area contributed by atoms with Crippen molar-refractivity contribution in [3.63, 3.8) is 0 Å². The molecule has 0 amide bonds. The van der Waals surface area contributed by atoms with E-state index >= 15 is 0 Å². The maximum absolute atomic E-state index is 10.9. The van der Waals surface area contributed by atoms with Gasteiger partial charge < -0.3 is 40.0 Å². The quantitative estimate of drug-likeness (QED) is 0.270. The van der Waals surface area contributed by atoms with Gasteiger partial charge in [-0.15, -0.1) is 0 Å². The first kappa shape index (κ1) is 30.7. The Balaban J connectivity index is 0.00000110. The van der Waals surface area contributed by atoms with Crippen LogP contribution < -0.4 is 0 Å². The lowest BCUT2D eigenvalue weighted by Gasteiger charge is -2.36. The van der Waals surface area contributed by atoms with E-state index in [0.29, 0.717) is 5.56 Å². The van der Waals surface area contributed by atoms with Crippen molar-refractivity contribution in [1.82, 2.24) is 0 Å². The highest BCUT2D eigenvalue weighted by molar-refractivity contribution is 7.53. The van der Waals surface area contributed by atoms with Gasteiger partial charge in [0.2, 0.25) is 0 Å². The van der Waals surface area contributed by atoms with Crippen molar-refractivity contribution >= 4 is 17.2 Å². The van der Waals surface area contributed by atoms with Crippen molar-refractivity contribution in [2.24, 2.45) is 5.41 Å². The van der Waals surface area contributed by atoms with Crippen LogP contribution in [0, 0.1) is 12.3 Å². The van der Waals surface area contributed by atoms with Gasteiger partial charge in [0.05, 0.1) is 31.3 Å². The van der Waals surface area contributed by atoms with Crippen LogP contribution in [0.15, 0.2) is 12.1 Å². The third-order valence-corrected chi connectivity index (χ3v) is 6.26. The van der Waals surface area contributed by atoms with Crippen LogP contribution >= 0.6 is 17.2 Å². The van der Waals surface area contributed by atoms with Crippen molar-refractivity contribution in [3.05, 3.63) is 34.4 Å². The fourth-order valence-corrected chi connectivity index (χ4v) is 3.56. The van der Waals surface area contributed by atoms with Crippen molar-refractivity contribution in [3.8, 4) is 0 Å². The van der Waals surface area contributed by atoms with Crippen molar-refractivity contribution < 1.29 is 44.3 Å². The first-order chi connectivity index (χ1) is 14.0. The average Bonchev–Trinajstić information content (AvgIpc) is 2.61. The lowest BCUT2D eigenvalue weighted by atomic mass is 9.73. The van der Waals surface area contributed by atoms with Gasteiger partial charge in [-0.3, -0.25) is 0 Å². The summed E-state index contributed by atoms with van der Waals surface area (Å²) >= 11 is 0. The number of aliphatic hydroxyl groups is 4. The number of hydrogen-bond donors (Lipinski definition) is 8. The van der Waals surface area contributed by atoms with E-state index in [9.17, 15) is 20.4 Å². The maximum Gasteiger partial charge on any atom is 0.334 e. The highest BCUT2D eigenvalue weighted by Crippen LogP contribution is 2.42. The zero-order valence-corrected chi connectivity index (χ0v) is 21.0. The Bertz CT molecular complexity index is 664. The van der Waals surface area contributed by atoms with E-state index in [2.05, 4.69) is 51.9 Å². The zero-order valence-electron chi connectivity index (χ0n) is 19.2. The second kappa shape index (κ2) is 12.3. The van der Waals surface area contributed by atoms with Gasteiger partial charge in [-0.1, -0.05) is 53.7 Å². The topological polar surface area (TPSA) is 171 Å². The molecule has 0 bridgehead atoms. The van der Waals surface area contributed by atoms with E-state index in [1.807, 2.05) is 13.0 Å². The summed E-state index contributed by atoms with van der Waals surface area (Å²) in [6.07, 6.45) is -1.15. The first-order valence-corrected chi connectivity index (χ1v) is 12.0. The molecule has 0 fully saturated rings. The lowest BCUT2D eigenvalue weighted by molar-refractivity contribution is -0.0854. The van der Waals surface area contributed by atoms with Gasteiger partial charge in [-0.2, -0.15) is 0 Å². The lowest BCUT2D eigenvalue weighted by Crippen LogP contribution is -2.40. The van der Waals surface area contributed by atoms with Crippen LogP contribution in [0.4, 0.5) is 0 Å². The van der Waals surface area contributed by atoms with Gasteiger partial charge >= 0.3 is 17.2 Å². The summed E-state index contributed by atoms with van der Waals surface area (Å²) in [4.78, 5) is 31.3. The van der Waals surface area contributed by atoms with Crippen molar-refractivity contribution in [2.75, 3.05) is 19.8 Å². The minimum absolute atomic E-state index is 0.109. The molecule has 0 spiro atoms. The summed E-state index contributed by atoms with van der Waals surface area (Å²) in [5.41, 5.74) is 2.20. The summed E-state index contributed by atoms with van der Waals surface area (Å²) in [5.74, 6) is 0. The van der Waals surface area contributed by atoms with E-state index in [1.54, 1.807) is 0 Å². The normalized spacial score (nSPS) is 14.0. The van der Waals surface area contributed by atoms with Crippen LogP contribution in [0.1, 0.15) is 69.9 Å². The third kappa shape index (κ3) is 8.88. The Labute approximate surface area is 187 Å².